The fourth-order valence-corrected chi connectivity index (χ4v) is 1.38. The highest BCUT2D eigenvalue weighted by Gasteiger charge is 2.21. The van der Waals surface area contributed by atoms with Crippen molar-refractivity contribution < 1.29 is 14.7 Å². The number of carboxylic acid groups (broad SMARTS) is 1. The van der Waals surface area contributed by atoms with Crippen LogP contribution in [0, 0.1) is 0 Å². The van der Waals surface area contributed by atoms with Crippen LogP contribution < -0.4 is 0 Å². The average molecular weight is 214 g/mol. The number of hydrogen-bond acceptors (Lipinski definition) is 3. The van der Waals surface area contributed by atoms with Gasteiger partial charge in [-0.2, -0.15) is 0 Å². The van der Waals surface area contributed by atoms with Gasteiger partial charge in [-0.15, -0.1) is 0 Å². The molecule has 0 spiro atoms. The third kappa shape index (κ3) is 1.90. The Hall–Kier alpha value is -1.42. The van der Waals surface area contributed by atoms with Gasteiger partial charge in [0.1, 0.15) is 5.15 Å². The van der Waals surface area contributed by atoms with Crippen LogP contribution in [0.3, 0.4) is 0 Å². The van der Waals surface area contributed by atoms with E-state index in [2.05, 4.69) is 4.98 Å². The van der Waals surface area contributed by atoms with Gasteiger partial charge in [-0.05, 0) is 18.1 Å². The van der Waals surface area contributed by atoms with E-state index in [-0.39, 0.29) is 10.7 Å². The minimum Gasteiger partial charge on any atom is -0.475 e. The van der Waals surface area contributed by atoms with Crippen LogP contribution >= 0.6 is 11.6 Å². The van der Waals surface area contributed by atoms with Gasteiger partial charge in [0.2, 0.25) is 0 Å². The summed E-state index contributed by atoms with van der Waals surface area (Å²) in [7, 11) is 0. The number of carbonyl (C=O) groups is 2. The molecule has 0 aliphatic rings. The number of halogens is 1. The van der Waals surface area contributed by atoms with Crippen LogP contribution in [-0.4, -0.2) is 21.8 Å². The minimum absolute atomic E-state index is 0.0100. The highest BCUT2D eigenvalue weighted by molar-refractivity contribution is 6.44. The molecule has 0 radical (unpaired) electrons. The van der Waals surface area contributed by atoms with Crippen LogP contribution in [0.1, 0.15) is 22.8 Å². The number of aryl methyl sites for hydroxylation is 1. The lowest BCUT2D eigenvalue weighted by Crippen LogP contribution is -2.16. The Morgan fingerprint density at radius 3 is 2.71 bits per heavy atom. The molecule has 1 heterocycles. The summed E-state index contributed by atoms with van der Waals surface area (Å²) >= 11 is 5.65. The second kappa shape index (κ2) is 4.19. The van der Waals surface area contributed by atoms with Crippen LogP contribution in [0.25, 0.3) is 0 Å². The predicted octanol–water partition coefficient (Wildman–Crippen LogP) is 1.56. The van der Waals surface area contributed by atoms with Gasteiger partial charge in [0.25, 0.3) is 5.78 Å². The molecule has 0 saturated heterocycles. The quantitative estimate of drug-likeness (QED) is 0.470. The van der Waals surface area contributed by atoms with Crippen molar-refractivity contribution in [3.8, 4) is 0 Å². The zero-order valence-electron chi connectivity index (χ0n) is 7.45. The van der Waals surface area contributed by atoms with Gasteiger partial charge in [0, 0.05) is 6.20 Å². The van der Waals surface area contributed by atoms with Gasteiger partial charge in [-0.25, -0.2) is 9.78 Å². The Bertz CT molecular complexity index is 390. The van der Waals surface area contributed by atoms with E-state index in [4.69, 9.17) is 16.7 Å². The monoisotopic (exact) mass is 213 g/mol. The zero-order chi connectivity index (χ0) is 10.7. The molecule has 0 aliphatic heterocycles. The number of carbonyl (C=O) groups excluding carboxylic acids is 1. The van der Waals surface area contributed by atoms with Crippen molar-refractivity contribution in [2.24, 2.45) is 0 Å². The Kier molecular flexibility index (Phi) is 3.19. The second-order valence-corrected chi connectivity index (χ2v) is 2.98. The van der Waals surface area contributed by atoms with Gasteiger partial charge in [-0.3, -0.25) is 4.79 Å². The van der Waals surface area contributed by atoms with Crippen molar-refractivity contribution in [2.45, 2.75) is 13.3 Å². The first-order valence-electron chi connectivity index (χ1n) is 3.99. The van der Waals surface area contributed by atoms with Gasteiger partial charge in [-0.1, -0.05) is 18.5 Å². The third-order valence-corrected chi connectivity index (χ3v) is 2.08. The van der Waals surface area contributed by atoms with E-state index in [1.54, 1.807) is 6.07 Å². The number of carboxylic acids is 1. The van der Waals surface area contributed by atoms with E-state index >= 15 is 0 Å². The summed E-state index contributed by atoms with van der Waals surface area (Å²) in [6.07, 6.45) is 1.98. The van der Waals surface area contributed by atoms with E-state index in [1.807, 2.05) is 6.92 Å². The highest BCUT2D eigenvalue weighted by Crippen LogP contribution is 2.18. The molecule has 1 rings (SSSR count). The Labute approximate surface area is 85.5 Å². The van der Waals surface area contributed by atoms with Crippen LogP contribution in [-0.2, 0) is 11.2 Å². The second-order valence-electron chi connectivity index (χ2n) is 2.62. The number of nitrogens with zero attached hydrogens (tertiary/aromatic N) is 1. The van der Waals surface area contributed by atoms with Gasteiger partial charge in [0.15, 0.2) is 0 Å². The van der Waals surface area contributed by atoms with Crippen LogP contribution in [0.4, 0.5) is 0 Å². The maximum atomic E-state index is 11.2. The Balaban J connectivity index is 3.30. The summed E-state index contributed by atoms with van der Waals surface area (Å²) in [6.45, 7) is 1.81. The maximum Gasteiger partial charge on any atom is 0.377 e. The molecule has 14 heavy (non-hydrogen) atoms. The van der Waals surface area contributed by atoms with Crippen molar-refractivity contribution >= 4 is 23.4 Å². The molecule has 4 nitrogen and oxygen atoms in total. The number of aromatic nitrogens is 1. The molecule has 1 aromatic rings. The van der Waals surface area contributed by atoms with E-state index in [0.29, 0.717) is 12.0 Å². The van der Waals surface area contributed by atoms with Crippen molar-refractivity contribution in [3.05, 3.63) is 28.5 Å². The van der Waals surface area contributed by atoms with Crippen LogP contribution in [0.5, 0.6) is 0 Å². The zero-order valence-corrected chi connectivity index (χ0v) is 8.21. The first-order chi connectivity index (χ1) is 6.57. The number of ketones is 1. The molecular weight excluding hydrogens is 206 g/mol. The van der Waals surface area contributed by atoms with Crippen LogP contribution in [0.2, 0.25) is 5.15 Å². The lowest BCUT2D eigenvalue weighted by molar-refractivity contribution is -0.131. The largest absolute Gasteiger partial charge is 0.475 e. The molecule has 1 aromatic heterocycles. The lowest BCUT2D eigenvalue weighted by Gasteiger charge is -2.04. The smallest absolute Gasteiger partial charge is 0.377 e. The molecule has 0 atom stereocenters. The average Bonchev–Trinajstić information content (AvgIpc) is 2.16. The van der Waals surface area contributed by atoms with E-state index in [1.165, 1.54) is 6.20 Å². The lowest BCUT2D eigenvalue weighted by atomic mass is 10.0. The number of rotatable bonds is 3. The van der Waals surface area contributed by atoms with Crippen molar-refractivity contribution in [3.63, 3.8) is 0 Å². The van der Waals surface area contributed by atoms with Crippen molar-refractivity contribution in [2.75, 3.05) is 0 Å². The number of pyridine rings is 1. The predicted molar refractivity (Wildman–Crippen MR) is 50.6 cm³/mol. The number of Topliss-reactive ketones (excluding diaryl/α,β-unsaturated/α-hetero) is 1. The summed E-state index contributed by atoms with van der Waals surface area (Å²) < 4.78 is 0. The molecule has 0 saturated carbocycles. The number of aliphatic carboxylic acids is 1. The molecule has 0 aliphatic carbocycles. The summed E-state index contributed by atoms with van der Waals surface area (Å²) in [5.74, 6) is -2.53. The normalized spacial score (nSPS) is 9.86. The van der Waals surface area contributed by atoms with Crippen molar-refractivity contribution in [1.82, 2.24) is 4.98 Å². The highest BCUT2D eigenvalue weighted by atomic mass is 35.5. The summed E-state index contributed by atoms with van der Waals surface area (Å²) in [4.78, 5) is 25.4. The summed E-state index contributed by atoms with van der Waals surface area (Å²) in [5.41, 5.74) is 0.585. The maximum absolute atomic E-state index is 11.2. The molecule has 74 valence electrons. The molecule has 0 unspecified atom stereocenters. The summed E-state index contributed by atoms with van der Waals surface area (Å²) in [6, 6.07) is 1.59. The van der Waals surface area contributed by atoms with Crippen molar-refractivity contribution in [1.29, 1.82) is 0 Å². The topological polar surface area (TPSA) is 67.3 Å². The van der Waals surface area contributed by atoms with E-state index in [9.17, 15) is 9.59 Å². The SMILES string of the molecule is CCc1ccnc(Cl)c1C(=O)C(=O)O. The molecule has 0 bridgehead atoms. The Morgan fingerprint density at radius 1 is 1.57 bits per heavy atom. The van der Waals surface area contributed by atoms with E-state index < -0.39 is 11.8 Å². The van der Waals surface area contributed by atoms with Crippen LogP contribution in [0.15, 0.2) is 12.3 Å². The standard InChI is InChI=1S/C9H8ClNO3/c1-2-5-3-4-11-8(10)6(5)7(12)9(13)14/h3-4H,2H2,1H3,(H,13,14). The molecule has 0 amide bonds. The first kappa shape index (κ1) is 10.7. The fourth-order valence-electron chi connectivity index (χ4n) is 1.11. The van der Waals surface area contributed by atoms with Gasteiger partial charge < -0.3 is 5.11 Å². The molecule has 1 N–H and O–H groups in total. The minimum atomic E-state index is -1.52. The fraction of sp³-hybridized carbons (Fsp3) is 0.222. The Morgan fingerprint density at radius 2 is 2.21 bits per heavy atom. The summed E-state index contributed by atoms with van der Waals surface area (Å²) in [5, 5.41) is 8.49. The third-order valence-electron chi connectivity index (χ3n) is 1.79. The van der Waals surface area contributed by atoms with Gasteiger partial charge in [0.05, 0.1) is 5.56 Å². The molecule has 0 aromatic carbocycles. The van der Waals surface area contributed by atoms with Gasteiger partial charge >= 0.3 is 5.97 Å². The first-order valence-corrected chi connectivity index (χ1v) is 4.36. The number of hydrogen-bond donors (Lipinski definition) is 1. The molecular formula is C9H8ClNO3. The molecule has 0 fully saturated rings. The van der Waals surface area contributed by atoms with E-state index in [0.717, 1.165) is 0 Å². The molecule has 5 heteroatoms.